The third-order valence-corrected chi connectivity index (χ3v) is 3.31. The molecule has 1 heterocycles. The highest BCUT2D eigenvalue weighted by atomic mass is 79.9. The van der Waals surface area contributed by atoms with Gasteiger partial charge < -0.3 is 10.5 Å². The molecule has 1 aromatic carbocycles. The van der Waals surface area contributed by atoms with Crippen molar-refractivity contribution in [1.29, 1.82) is 0 Å². The van der Waals surface area contributed by atoms with Gasteiger partial charge in [-0.25, -0.2) is 0 Å². The van der Waals surface area contributed by atoms with Crippen molar-refractivity contribution >= 4 is 27.4 Å². The van der Waals surface area contributed by atoms with E-state index in [4.69, 9.17) is 10.5 Å². The number of hydrogen-bond acceptors (Lipinski definition) is 4. The summed E-state index contributed by atoms with van der Waals surface area (Å²) in [5, 5.41) is 0. The lowest BCUT2D eigenvalue weighted by Gasteiger charge is -2.13. The Balaban J connectivity index is 2.11. The Hall–Kier alpha value is -1.88. The van der Waals surface area contributed by atoms with Crippen LogP contribution in [0.4, 0.5) is 5.69 Å². The van der Waals surface area contributed by atoms with Crippen molar-refractivity contribution in [2.45, 2.75) is 13.3 Å². The highest BCUT2D eigenvalue weighted by molar-refractivity contribution is 9.10. The predicted molar refractivity (Wildman–Crippen MR) is 82.0 cm³/mol. The topological polar surface area (TPSA) is 65.2 Å². The van der Waals surface area contributed by atoms with Gasteiger partial charge in [0.1, 0.15) is 0 Å². The molecule has 0 spiro atoms. The quantitative estimate of drug-likeness (QED) is 0.673. The van der Waals surface area contributed by atoms with Crippen molar-refractivity contribution in [1.82, 2.24) is 4.98 Å². The maximum atomic E-state index is 11.6. The first-order valence-corrected chi connectivity index (χ1v) is 6.99. The number of ketones is 1. The molecule has 0 bridgehead atoms. The zero-order valence-electron chi connectivity index (χ0n) is 11.1. The number of nitrogens with zero attached hydrogens (tertiary/aromatic N) is 1. The van der Waals surface area contributed by atoms with Gasteiger partial charge in [-0.3, -0.25) is 9.78 Å². The molecule has 4 nitrogen and oxygen atoms in total. The van der Waals surface area contributed by atoms with Crippen molar-refractivity contribution < 1.29 is 9.53 Å². The SMILES string of the molecule is CC(=O)c1cc(Br)cc(N)c1OCCc1ccncc1. The van der Waals surface area contributed by atoms with E-state index in [1.54, 1.807) is 24.5 Å². The molecular weight excluding hydrogens is 320 g/mol. The number of carbonyl (C=O) groups is 1. The van der Waals surface area contributed by atoms with Gasteiger partial charge in [0.2, 0.25) is 0 Å². The van der Waals surface area contributed by atoms with Gasteiger partial charge in [0.25, 0.3) is 0 Å². The van der Waals surface area contributed by atoms with Crippen molar-refractivity contribution in [3.63, 3.8) is 0 Å². The molecule has 0 saturated heterocycles. The molecule has 0 unspecified atom stereocenters. The molecule has 104 valence electrons. The number of nitrogens with two attached hydrogens (primary N) is 1. The molecule has 2 rings (SSSR count). The first kappa shape index (κ1) is 14.5. The van der Waals surface area contributed by atoms with Crippen LogP contribution in [0.1, 0.15) is 22.8 Å². The molecule has 0 atom stereocenters. The monoisotopic (exact) mass is 334 g/mol. The van der Waals surface area contributed by atoms with Gasteiger partial charge in [0, 0.05) is 23.3 Å². The van der Waals surface area contributed by atoms with Crippen molar-refractivity contribution in [2.75, 3.05) is 12.3 Å². The molecule has 0 radical (unpaired) electrons. The number of rotatable bonds is 5. The fraction of sp³-hybridized carbons (Fsp3) is 0.200. The summed E-state index contributed by atoms with van der Waals surface area (Å²) < 4.78 is 6.47. The number of carbonyl (C=O) groups excluding carboxylic acids is 1. The smallest absolute Gasteiger partial charge is 0.163 e. The van der Waals surface area contributed by atoms with Gasteiger partial charge in [-0.1, -0.05) is 15.9 Å². The van der Waals surface area contributed by atoms with E-state index < -0.39 is 0 Å². The van der Waals surface area contributed by atoms with Gasteiger partial charge in [0.05, 0.1) is 17.9 Å². The number of hydrogen-bond donors (Lipinski definition) is 1. The zero-order valence-corrected chi connectivity index (χ0v) is 12.7. The number of anilines is 1. The average molecular weight is 335 g/mol. The van der Waals surface area contributed by atoms with Crippen molar-refractivity contribution in [3.05, 3.63) is 52.3 Å². The number of nitrogen functional groups attached to an aromatic ring is 1. The first-order valence-electron chi connectivity index (χ1n) is 6.19. The molecule has 2 aromatic rings. The summed E-state index contributed by atoms with van der Waals surface area (Å²) >= 11 is 3.33. The normalized spacial score (nSPS) is 10.3. The van der Waals surface area contributed by atoms with Crippen LogP contribution in [0.2, 0.25) is 0 Å². The molecule has 0 amide bonds. The number of aromatic nitrogens is 1. The molecule has 20 heavy (non-hydrogen) atoms. The summed E-state index contributed by atoms with van der Waals surface area (Å²) in [5.74, 6) is 0.381. The first-order chi connectivity index (χ1) is 9.58. The van der Waals surface area contributed by atoms with Gasteiger partial charge in [0.15, 0.2) is 11.5 Å². The Kier molecular flexibility index (Phi) is 4.74. The summed E-state index contributed by atoms with van der Waals surface area (Å²) in [5.41, 5.74) is 8.00. The Morgan fingerprint density at radius 1 is 1.35 bits per heavy atom. The molecular formula is C15H15BrN2O2. The van der Waals surface area contributed by atoms with E-state index in [-0.39, 0.29) is 5.78 Å². The highest BCUT2D eigenvalue weighted by Crippen LogP contribution is 2.31. The summed E-state index contributed by atoms with van der Waals surface area (Å²) in [6, 6.07) is 7.31. The van der Waals surface area contributed by atoms with Crippen molar-refractivity contribution in [2.24, 2.45) is 0 Å². The van der Waals surface area contributed by atoms with E-state index in [9.17, 15) is 4.79 Å². The van der Waals surface area contributed by atoms with E-state index in [1.807, 2.05) is 12.1 Å². The second-order valence-electron chi connectivity index (χ2n) is 4.38. The van der Waals surface area contributed by atoms with Crippen LogP contribution in [0.3, 0.4) is 0 Å². The Morgan fingerprint density at radius 3 is 2.70 bits per heavy atom. The second-order valence-corrected chi connectivity index (χ2v) is 5.30. The van der Waals surface area contributed by atoms with Crippen LogP contribution in [0.5, 0.6) is 5.75 Å². The maximum absolute atomic E-state index is 11.6. The minimum absolute atomic E-state index is 0.0723. The number of pyridine rings is 1. The Bertz CT molecular complexity index is 615. The number of benzene rings is 1. The van der Waals surface area contributed by atoms with Crippen LogP contribution in [0.15, 0.2) is 41.1 Å². The second kappa shape index (κ2) is 6.52. The number of halogens is 1. The largest absolute Gasteiger partial charge is 0.490 e. The molecule has 0 aliphatic rings. The van der Waals surface area contributed by atoms with Crippen LogP contribution in [-0.4, -0.2) is 17.4 Å². The van der Waals surface area contributed by atoms with Crippen LogP contribution in [0.25, 0.3) is 0 Å². The maximum Gasteiger partial charge on any atom is 0.163 e. The number of ether oxygens (including phenoxy) is 1. The van der Waals surface area contributed by atoms with Gasteiger partial charge >= 0.3 is 0 Å². The summed E-state index contributed by atoms with van der Waals surface area (Å²) in [6.45, 7) is 1.95. The van der Waals surface area contributed by atoms with Crippen LogP contribution in [0, 0.1) is 0 Å². The van der Waals surface area contributed by atoms with E-state index in [0.29, 0.717) is 23.6 Å². The third-order valence-electron chi connectivity index (χ3n) is 2.85. The lowest BCUT2D eigenvalue weighted by Crippen LogP contribution is -2.08. The van der Waals surface area contributed by atoms with Gasteiger partial charge in [-0.05, 0) is 36.8 Å². The fourth-order valence-corrected chi connectivity index (χ4v) is 2.33. The Morgan fingerprint density at radius 2 is 2.05 bits per heavy atom. The lowest BCUT2D eigenvalue weighted by molar-refractivity contribution is 0.101. The predicted octanol–water partition coefficient (Wildman–Crippen LogP) is 3.25. The van der Waals surface area contributed by atoms with Crippen molar-refractivity contribution in [3.8, 4) is 5.75 Å². The summed E-state index contributed by atoms with van der Waals surface area (Å²) in [7, 11) is 0. The highest BCUT2D eigenvalue weighted by Gasteiger charge is 2.13. The average Bonchev–Trinajstić information content (AvgIpc) is 2.41. The standard InChI is InChI=1S/C15H15BrN2O2/c1-10(19)13-8-12(16)9-14(17)15(13)20-7-4-11-2-5-18-6-3-11/h2-3,5-6,8-9H,4,7,17H2,1H3. The van der Waals surface area contributed by atoms with E-state index in [1.165, 1.54) is 6.92 Å². The molecule has 0 saturated carbocycles. The molecule has 0 aliphatic carbocycles. The van der Waals surface area contributed by atoms with E-state index in [0.717, 1.165) is 16.5 Å². The zero-order chi connectivity index (χ0) is 14.5. The fourth-order valence-electron chi connectivity index (χ4n) is 1.86. The Labute approximate surface area is 126 Å². The molecule has 0 fully saturated rings. The molecule has 1 aromatic heterocycles. The lowest BCUT2D eigenvalue weighted by atomic mass is 10.1. The summed E-state index contributed by atoms with van der Waals surface area (Å²) in [4.78, 5) is 15.6. The number of Topliss-reactive ketones (excluding diaryl/α,β-unsaturated/α-hetero) is 1. The molecule has 0 aliphatic heterocycles. The minimum atomic E-state index is -0.0723. The van der Waals surface area contributed by atoms with E-state index >= 15 is 0 Å². The minimum Gasteiger partial charge on any atom is -0.490 e. The summed E-state index contributed by atoms with van der Waals surface area (Å²) in [6.07, 6.45) is 4.21. The van der Waals surface area contributed by atoms with Crippen LogP contribution >= 0.6 is 15.9 Å². The van der Waals surface area contributed by atoms with Crippen LogP contribution < -0.4 is 10.5 Å². The van der Waals surface area contributed by atoms with E-state index in [2.05, 4.69) is 20.9 Å². The molecule has 5 heteroatoms. The van der Waals surface area contributed by atoms with Crippen LogP contribution in [-0.2, 0) is 6.42 Å². The van der Waals surface area contributed by atoms with Gasteiger partial charge in [-0.15, -0.1) is 0 Å². The van der Waals surface area contributed by atoms with Gasteiger partial charge in [-0.2, -0.15) is 0 Å². The third kappa shape index (κ3) is 3.57. The molecule has 2 N–H and O–H groups in total.